The molecule has 0 fully saturated rings. The fourth-order valence-electron chi connectivity index (χ4n) is 2.94. The average molecular weight is 310 g/mol. The Kier molecular flexibility index (Phi) is 3.23. The van der Waals surface area contributed by atoms with Crippen molar-refractivity contribution in [3.05, 3.63) is 47.8 Å². The lowest BCUT2D eigenvalue weighted by molar-refractivity contribution is 0.168. The molecular formula is C18H18N2O3. The molecule has 0 radical (unpaired) electrons. The molecular weight excluding hydrogens is 292 g/mol. The Bertz CT molecular complexity index is 885. The molecule has 1 aliphatic heterocycles. The van der Waals surface area contributed by atoms with Crippen molar-refractivity contribution in [3.8, 4) is 22.8 Å². The fourth-order valence-corrected chi connectivity index (χ4v) is 2.94. The summed E-state index contributed by atoms with van der Waals surface area (Å²) in [5, 5.41) is 10.5. The van der Waals surface area contributed by atoms with Crippen LogP contribution in [0.15, 0.2) is 36.5 Å². The van der Waals surface area contributed by atoms with Crippen molar-refractivity contribution in [2.75, 3.05) is 6.79 Å². The zero-order valence-electron chi connectivity index (χ0n) is 13.1. The van der Waals surface area contributed by atoms with Crippen molar-refractivity contribution in [1.29, 1.82) is 0 Å². The average Bonchev–Trinajstić information content (AvgIpc) is 3.17. The van der Waals surface area contributed by atoms with Crippen LogP contribution >= 0.6 is 0 Å². The standard InChI is InChI=1S/C18H18N2O3/c1-3-13(21)18-17(19-16-7-4-11(2)9-20(16)18)12-5-6-14-15(8-12)23-10-22-14/h4-9,13,21H,3,10H2,1-2H3. The Hall–Kier alpha value is -2.53. The van der Waals surface area contributed by atoms with Gasteiger partial charge in [-0.1, -0.05) is 13.0 Å². The number of aliphatic hydroxyl groups excluding tert-OH is 1. The molecule has 0 aliphatic carbocycles. The summed E-state index contributed by atoms with van der Waals surface area (Å²) in [6, 6.07) is 9.75. The number of rotatable bonds is 3. The molecule has 3 heterocycles. The Labute approximate surface area is 134 Å². The van der Waals surface area contributed by atoms with Gasteiger partial charge < -0.3 is 19.0 Å². The Morgan fingerprint density at radius 2 is 2.04 bits per heavy atom. The van der Waals surface area contributed by atoms with Crippen LogP contribution in [0.25, 0.3) is 16.9 Å². The van der Waals surface area contributed by atoms with Gasteiger partial charge in [0.15, 0.2) is 11.5 Å². The van der Waals surface area contributed by atoms with Crippen molar-refractivity contribution in [1.82, 2.24) is 9.38 Å². The van der Waals surface area contributed by atoms with Crippen molar-refractivity contribution in [2.45, 2.75) is 26.4 Å². The van der Waals surface area contributed by atoms with Gasteiger partial charge in [-0.15, -0.1) is 0 Å². The molecule has 4 rings (SSSR count). The van der Waals surface area contributed by atoms with Gasteiger partial charge in [0.1, 0.15) is 5.65 Å². The molecule has 0 saturated heterocycles. The highest BCUT2D eigenvalue weighted by Gasteiger charge is 2.22. The number of hydrogen-bond donors (Lipinski definition) is 1. The van der Waals surface area contributed by atoms with E-state index in [4.69, 9.17) is 14.5 Å². The largest absolute Gasteiger partial charge is 0.454 e. The van der Waals surface area contributed by atoms with Crippen molar-refractivity contribution >= 4 is 5.65 Å². The Balaban J connectivity index is 1.95. The number of aromatic nitrogens is 2. The van der Waals surface area contributed by atoms with Crippen LogP contribution in [0.5, 0.6) is 11.5 Å². The van der Waals surface area contributed by atoms with Crippen LogP contribution in [0.4, 0.5) is 0 Å². The third kappa shape index (κ3) is 2.24. The summed E-state index contributed by atoms with van der Waals surface area (Å²) in [6.45, 7) is 4.23. The summed E-state index contributed by atoms with van der Waals surface area (Å²) in [4.78, 5) is 4.73. The third-order valence-electron chi connectivity index (χ3n) is 4.15. The van der Waals surface area contributed by atoms with Crippen LogP contribution in [0.1, 0.15) is 30.7 Å². The molecule has 1 unspecified atom stereocenters. The van der Waals surface area contributed by atoms with E-state index in [1.54, 1.807) is 0 Å². The van der Waals surface area contributed by atoms with Gasteiger partial charge in [0.05, 0.1) is 17.5 Å². The molecule has 0 spiro atoms. The van der Waals surface area contributed by atoms with Gasteiger partial charge in [-0.2, -0.15) is 0 Å². The quantitative estimate of drug-likeness (QED) is 0.804. The number of aryl methyl sites for hydroxylation is 1. The second-order valence-corrected chi connectivity index (χ2v) is 5.77. The third-order valence-corrected chi connectivity index (χ3v) is 4.15. The summed E-state index contributed by atoms with van der Waals surface area (Å²) in [6.07, 6.45) is 2.05. The highest BCUT2D eigenvalue weighted by molar-refractivity contribution is 5.70. The van der Waals surface area contributed by atoms with Crippen LogP contribution in [0.2, 0.25) is 0 Å². The zero-order valence-corrected chi connectivity index (χ0v) is 13.1. The van der Waals surface area contributed by atoms with Crippen molar-refractivity contribution < 1.29 is 14.6 Å². The first-order valence-corrected chi connectivity index (χ1v) is 7.74. The van der Waals surface area contributed by atoms with Crippen LogP contribution in [0, 0.1) is 6.92 Å². The molecule has 0 bridgehead atoms. The maximum absolute atomic E-state index is 10.5. The monoisotopic (exact) mass is 310 g/mol. The van der Waals surface area contributed by atoms with Gasteiger partial charge in [-0.05, 0) is 43.2 Å². The van der Waals surface area contributed by atoms with Gasteiger partial charge in [-0.3, -0.25) is 0 Å². The second kappa shape index (κ2) is 5.28. The topological polar surface area (TPSA) is 56.0 Å². The van der Waals surface area contributed by atoms with Crippen LogP contribution in [-0.2, 0) is 0 Å². The lowest BCUT2D eigenvalue weighted by Crippen LogP contribution is -2.02. The number of fused-ring (bicyclic) bond motifs is 2. The molecule has 118 valence electrons. The van der Waals surface area contributed by atoms with Crippen molar-refractivity contribution in [3.63, 3.8) is 0 Å². The molecule has 1 N–H and O–H groups in total. The minimum absolute atomic E-state index is 0.244. The van der Waals surface area contributed by atoms with Gasteiger partial charge >= 0.3 is 0 Å². The lowest BCUT2D eigenvalue weighted by atomic mass is 10.1. The Morgan fingerprint density at radius 1 is 1.22 bits per heavy atom. The first kappa shape index (κ1) is 14.1. The normalized spacial score (nSPS) is 14.4. The van der Waals surface area contributed by atoms with E-state index in [-0.39, 0.29) is 6.79 Å². The maximum atomic E-state index is 10.5. The van der Waals surface area contributed by atoms with Crippen molar-refractivity contribution in [2.24, 2.45) is 0 Å². The molecule has 5 nitrogen and oxygen atoms in total. The lowest BCUT2D eigenvalue weighted by Gasteiger charge is -2.11. The number of imidazole rings is 1. The smallest absolute Gasteiger partial charge is 0.231 e. The highest BCUT2D eigenvalue weighted by Crippen LogP contribution is 2.38. The number of benzene rings is 1. The minimum atomic E-state index is -0.577. The molecule has 2 aromatic heterocycles. The van der Waals surface area contributed by atoms with Gasteiger partial charge in [-0.25, -0.2) is 4.98 Å². The first-order chi connectivity index (χ1) is 11.2. The fraction of sp³-hybridized carbons (Fsp3) is 0.278. The molecule has 1 aliphatic rings. The molecule has 1 aromatic carbocycles. The van der Waals surface area contributed by atoms with Crippen LogP contribution in [-0.4, -0.2) is 21.3 Å². The summed E-state index contributed by atoms with van der Waals surface area (Å²) in [5.74, 6) is 1.46. The summed E-state index contributed by atoms with van der Waals surface area (Å²) < 4.78 is 12.8. The Morgan fingerprint density at radius 3 is 2.87 bits per heavy atom. The molecule has 1 atom stereocenters. The van der Waals surface area contributed by atoms with E-state index in [2.05, 4.69) is 0 Å². The van der Waals surface area contributed by atoms with E-state index in [0.29, 0.717) is 12.2 Å². The molecule has 5 heteroatoms. The molecule has 3 aromatic rings. The number of aliphatic hydroxyl groups is 1. The number of pyridine rings is 1. The van der Waals surface area contributed by atoms with E-state index in [1.165, 1.54) is 0 Å². The van der Waals surface area contributed by atoms with E-state index in [9.17, 15) is 5.11 Å². The van der Waals surface area contributed by atoms with Gasteiger partial charge in [0, 0.05) is 11.8 Å². The zero-order chi connectivity index (χ0) is 16.0. The number of nitrogens with zero attached hydrogens (tertiary/aromatic N) is 2. The van der Waals surface area contributed by atoms with E-state index in [1.807, 2.05) is 54.8 Å². The summed E-state index contributed by atoms with van der Waals surface area (Å²) >= 11 is 0. The summed E-state index contributed by atoms with van der Waals surface area (Å²) in [7, 11) is 0. The maximum Gasteiger partial charge on any atom is 0.231 e. The van der Waals surface area contributed by atoms with E-state index in [0.717, 1.165) is 33.9 Å². The van der Waals surface area contributed by atoms with Crippen LogP contribution in [0.3, 0.4) is 0 Å². The predicted molar refractivity (Wildman–Crippen MR) is 86.7 cm³/mol. The highest BCUT2D eigenvalue weighted by atomic mass is 16.7. The van der Waals surface area contributed by atoms with Gasteiger partial charge in [0.25, 0.3) is 0 Å². The molecule has 0 amide bonds. The van der Waals surface area contributed by atoms with E-state index >= 15 is 0 Å². The number of hydrogen-bond acceptors (Lipinski definition) is 4. The summed E-state index contributed by atoms with van der Waals surface area (Å²) in [5.41, 5.74) is 4.45. The second-order valence-electron chi connectivity index (χ2n) is 5.77. The van der Waals surface area contributed by atoms with Crippen LogP contribution < -0.4 is 9.47 Å². The minimum Gasteiger partial charge on any atom is -0.454 e. The number of ether oxygens (including phenoxy) is 2. The van der Waals surface area contributed by atoms with E-state index < -0.39 is 6.10 Å². The first-order valence-electron chi connectivity index (χ1n) is 7.74. The molecule has 23 heavy (non-hydrogen) atoms. The SMILES string of the molecule is CCC(O)c1c(-c2ccc3c(c2)OCO3)nc2ccc(C)cn12. The van der Waals surface area contributed by atoms with Gasteiger partial charge in [0.2, 0.25) is 6.79 Å². The predicted octanol–water partition coefficient (Wildman–Crippen LogP) is 3.48. The molecule has 0 saturated carbocycles.